The summed E-state index contributed by atoms with van der Waals surface area (Å²) in [4.78, 5) is 5.54. The number of hydrogen-bond donors (Lipinski definition) is 1. The molecule has 0 saturated heterocycles. The molecule has 0 fully saturated rings. The van der Waals surface area contributed by atoms with E-state index in [0.29, 0.717) is 0 Å². The molecule has 0 saturated carbocycles. The highest BCUT2D eigenvalue weighted by Crippen LogP contribution is 2.34. The van der Waals surface area contributed by atoms with Crippen molar-refractivity contribution in [3.05, 3.63) is 49.8 Å². The minimum atomic E-state index is 0.0445. The van der Waals surface area contributed by atoms with Gasteiger partial charge >= 0.3 is 0 Å². The summed E-state index contributed by atoms with van der Waals surface area (Å²) in [5, 5.41) is 6.21. The molecule has 0 aliphatic heterocycles. The Kier molecular flexibility index (Phi) is 4.56. The van der Waals surface area contributed by atoms with E-state index >= 15 is 0 Å². The van der Waals surface area contributed by atoms with Gasteiger partial charge in [-0.3, -0.25) is 4.98 Å². The quantitative estimate of drug-likeness (QED) is 0.905. The van der Waals surface area contributed by atoms with Crippen LogP contribution >= 0.6 is 38.9 Å². The molecule has 90 valence electrons. The van der Waals surface area contributed by atoms with Gasteiger partial charge in [0, 0.05) is 15.5 Å². The third-order valence-corrected chi connectivity index (χ3v) is 4.47. The van der Waals surface area contributed by atoms with Gasteiger partial charge < -0.3 is 5.32 Å². The summed E-state index contributed by atoms with van der Waals surface area (Å²) in [6, 6.07) is 5.87. The van der Waals surface area contributed by atoms with Crippen molar-refractivity contribution >= 4 is 38.9 Å². The van der Waals surface area contributed by atoms with Crippen molar-refractivity contribution < 1.29 is 0 Å². The predicted molar refractivity (Wildman–Crippen MR) is 76.8 cm³/mol. The summed E-state index contributed by atoms with van der Waals surface area (Å²) in [6.45, 7) is 2.94. The number of hydrogen-bond acceptors (Lipinski definition) is 3. The number of thiophene rings is 1. The molecule has 2 aromatic heterocycles. The topological polar surface area (TPSA) is 24.9 Å². The Labute approximate surface area is 118 Å². The number of halogens is 2. The summed E-state index contributed by atoms with van der Waals surface area (Å²) in [5.74, 6) is 0. The maximum atomic E-state index is 6.20. The SMILES string of the molecule is CCNC(c1ncccc1Br)c1sccc1Cl. The molecule has 2 heterocycles. The second-order valence-corrected chi connectivity index (χ2v) is 5.70. The van der Waals surface area contributed by atoms with E-state index in [0.717, 1.165) is 26.6 Å². The maximum Gasteiger partial charge on any atom is 0.0871 e. The summed E-state index contributed by atoms with van der Waals surface area (Å²) in [5.41, 5.74) is 0.971. The fourth-order valence-electron chi connectivity index (χ4n) is 1.64. The Morgan fingerprint density at radius 3 is 2.94 bits per heavy atom. The van der Waals surface area contributed by atoms with Crippen LogP contribution in [-0.2, 0) is 0 Å². The van der Waals surface area contributed by atoms with Crippen molar-refractivity contribution in [2.75, 3.05) is 6.54 Å². The first-order valence-electron chi connectivity index (χ1n) is 5.30. The average molecular weight is 332 g/mol. The smallest absolute Gasteiger partial charge is 0.0871 e. The Hall–Kier alpha value is -0.420. The van der Waals surface area contributed by atoms with Crippen LogP contribution in [0, 0.1) is 0 Å². The molecule has 1 N–H and O–H groups in total. The first-order valence-corrected chi connectivity index (χ1v) is 7.35. The van der Waals surface area contributed by atoms with Gasteiger partial charge in [-0.15, -0.1) is 11.3 Å². The second kappa shape index (κ2) is 5.96. The fourth-order valence-corrected chi connectivity index (χ4v) is 3.37. The lowest BCUT2D eigenvalue weighted by atomic mass is 10.1. The molecule has 0 amide bonds. The minimum absolute atomic E-state index is 0.0445. The van der Waals surface area contributed by atoms with Crippen molar-refractivity contribution in [1.82, 2.24) is 10.3 Å². The van der Waals surface area contributed by atoms with Gasteiger partial charge in [0.15, 0.2) is 0 Å². The summed E-state index contributed by atoms with van der Waals surface area (Å²) in [7, 11) is 0. The molecule has 0 aromatic carbocycles. The van der Waals surface area contributed by atoms with Gasteiger partial charge in [-0.05, 0) is 46.1 Å². The number of nitrogens with zero attached hydrogens (tertiary/aromatic N) is 1. The highest BCUT2D eigenvalue weighted by molar-refractivity contribution is 9.10. The lowest BCUT2D eigenvalue weighted by Gasteiger charge is -2.17. The minimum Gasteiger partial charge on any atom is -0.304 e. The Morgan fingerprint density at radius 1 is 1.53 bits per heavy atom. The van der Waals surface area contributed by atoms with Crippen LogP contribution in [0.2, 0.25) is 5.02 Å². The van der Waals surface area contributed by atoms with E-state index in [1.807, 2.05) is 23.6 Å². The molecular weight excluding hydrogens is 320 g/mol. The predicted octanol–water partition coefficient (Wildman–Crippen LogP) is 4.26. The molecule has 2 nitrogen and oxygen atoms in total. The van der Waals surface area contributed by atoms with Gasteiger partial charge in [0.25, 0.3) is 0 Å². The largest absolute Gasteiger partial charge is 0.304 e. The van der Waals surface area contributed by atoms with Crippen LogP contribution in [0.5, 0.6) is 0 Å². The average Bonchev–Trinajstić information content (AvgIpc) is 2.74. The van der Waals surface area contributed by atoms with Gasteiger partial charge in [0.2, 0.25) is 0 Å². The zero-order chi connectivity index (χ0) is 12.3. The van der Waals surface area contributed by atoms with Crippen molar-refractivity contribution in [2.45, 2.75) is 13.0 Å². The number of aromatic nitrogens is 1. The van der Waals surface area contributed by atoms with E-state index in [4.69, 9.17) is 11.6 Å². The van der Waals surface area contributed by atoms with Crippen LogP contribution in [0.15, 0.2) is 34.2 Å². The van der Waals surface area contributed by atoms with E-state index in [1.165, 1.54) is 0 Å². The third kappa shape index (κ3) is 2.88. The highest BCUT2D eigenvalue weighted by atomic mass is 79.9. The van der Waals surface area contributed by atoms with Gasteiger partial charge in [-0.2, -0.15) is 0 Å². The van der Waals surface area contributed by atoms with Crippen molar-refractivity contribution in [1.29, 1.82) is 0 Å². The zero-order valence-electron chi connectivity index (χ0n) is 9.28. The molecular formula is C12H12BrClN2S. The van der Waals surface area contributed by atoms with Crippen LogP contribution in [0.3, 0.4) is 0 Å². The third-order valence-electron chi connectivity index (χ3n) is 2.38. The standard InChI is InChI=1S/C12H12BrClN2S/c1-2-15-11(12-9(14)5-7-17-12)10-8(13)4-3-6-16-10/h3-7,11,15H,2H2,1H3. The summed E-state index contributed by atoms with van der Waals surface area (Å²) < 4.78 is 0.996. The lowest BCUT2D eigenvalue weighted by molar-refractivity contribution is 0.622. The van der Waals surface area contributed by atoms with E-state index in [2.05, 4.69) is 33.2 Å². The first kappa shape index (κ1) is 13.0. The Balaban J connectivity index is 2.43. The second-order valence-electron chi connectivity index (χ2n) is 3.49. The number of pyridine rings is 1. The first-order chi connectivity index (χ1) is 8.24. The summed E-state index contributed by atoms with van der Waals surface area (Å²) in [6.07, 6.45) is 1.80. The molecule has 17 heavy (non-hydrogen) atoms. The van der Waals surface area contributed by atoms with Gasteiger partial charge in [-0.25, -0.2) is 0 Å². The number of nitrogens with one attached hydrogen (secondary N) is 1. The molecule has 2 aromatic rings. The normalized spacial score (nSPS) is 12.6. The molecule has 1 unspecified atom stereocenters. The molecule has 0 radical (unpaired) electrons. The summed E-state index contributed by atoms with van der Waals surface area (Å²) >= 11 is 11.4. The van der Waals surface area contributed by atoms with Crippen LogP contribution in [0.1, 0.15) is 23.5 Å². The van der Waals surface area contributed by atoms with Gasteiger partial charge in [-0.1, -0.05) is 18.5 Å². The molecule has 5 heteroatoms. The van der Waals surface area contributed by atoms with Gasteiger partial charge in [0.1, 0.15) is 0 Å². The molecule has 0 aliphatic rings. The van der Waals surface area contributed by atoms with Crippen LogP contribution < -0.4 is 5.32 Å². The molecule has 0 aliphatic carbocycles. The number of rotatable bonds is 4. The maximum absolute atomic E-state index is 6.20. The molecule has 0 spiro atoms. The Bertz CT molecular complexity index is 501. The van der Waals surface area contributed by atoms with E-state index in [9.17, 15) is 0 Å². The van der Waals surface area contributed by atoms with Crippen LogP contribution in [0.4, 0.5) is 0 Å². The van der Waals surface area contributed by atoms with Crippen LogP contribution in [0.25, 0.3) is 0 Å². The monoisotopic (exact) mass is 330 g/mol. The van der Waals surface area contributed by atoms with Gasteiger partial charge in [0.05, 0.1) is 16.8 Å². The molecule has 1 atom stereocenters. The Morgan fingerprint density at radius 2 is 2.35 bits per heavy atom. The zero-order valence-corrected chi connectivity index (χ0v) is 12.4. The highest BCUT2D eigenvalue weighted by Gasteiger charge is 2.20. The lowest BCUT2D eigenvalue weighted by Crippen LogP contribution is -2.22. The van der Waals surface area contributed by atoms with Crippen molar-refractivity contribution in [3.8, 4) is 0 Å². The van der Waals surface area contributed by atoms with E-state index < -0.39 is 0 Å². The van der Waals surface area contributed by atoms with Crippen molar-refractivity contribution in [3.63, 3.8) is 0 Å². The molecule has 0 bridgehead atoms. The van der Waals surface area contributed by atoms with Crippen LogP contribution in [-0.4, -0.2) is 11.5 Å². The van der Waals surface area contributed by atoms with E-state index in [1.54, 1.807) is 17.5 Å². The van der Waals surface area contributed by atoms with Crippen molar-refractivity contribution in [2.24, 2.45) is 0 Å². The molecule has 2 rings (SSSR count). The van der Waals surface area contributed by atoms with E-state index in [-0.39, 0.29) is 6.04 Å². The fraction of sp³-hybridized carbons (Fsp3) is 0.250.